The number of carboxylic acids is 2. The standard InChI is InChI=1S/C30H41FN4O5.C2H2O4/c1-37-29-7-3-2-6-28(29)35-15-13-34(14-16-35)12-5-4-11-32-30(36)27-23-24-22-25(8-9-26(24)33-27)40-21-20-39-19-18-38-17-10-31;3-1(4)2(5)6/h2-3,6-9,22-23,33H,4-5,10-21H2,1H3,(H,32,36);(H,3,4)(H,5,6). The number of aromatic nitrogens is 1. The Hall–Kier alpha value is -4.40. The number of methoxy groups -OCH3 is 1. The first-order chi connectivity index (χ1) is 22.3. The third-order valence-electron chi connectivity index (χ3n) is 7.09. The maximum absolute atomic E-state index is 12.7. The van der Waals surface area contributed by atoms with Gasteiger partial charge in [-0.25, -0.2) is 14.0 Å². The van der Waals surface area contributed by atoms with Crippen molar-refractivity contribution < 1.29 is 47.9 Å². The first kappa shape index (κ1) is 36.1. The third kappa shape index (κ3) is 12.2. The molecule has 252 valence electrons. The fourth-order valence-electron chi connectivity index (χ4n) is 4.78. The van der Waals surface area contributed by atoms with Crippen molar-refractivity contribution in [2.75, 3.05) is 91.0 Å². The molecule has 1 aliphatic heterocycles. The number of ether oxygens (including phenoxy) is 4. The van der Waals surface area contributed by atoms with Gasteiger partial charge in [0.25, 0.3) is 5.91 Å². The van der Waals surface area contributed by atoms with Crippen molar-refractivity contribution in [3.8, 4) is 11.5 Å². The van der Waals surface area contributed by atoms with Gasteiger partial charge in [-0.3, -0.25) is 9.69 Å². The largest absolute Gasteiger partial charge is 0.495 e. The molecule has 1 amide bonds. The Morgan fingerprint density at radius 2 is 1.59 bits per heavy atom. The maximum atomic E-state index is 12.7. The first-order valence-electron chi connectivity index (χ1n) is 15.1. The van der Waals surface area contributed by atoms with Gasteiger partial charge in [0.15, 0.2) is 0 Å². The Bertz CT molecular complexity index is 1370. The Labute approximate surface area is 267 Å². The highest BCUT2D eigenvalue weighted by atomic mass is 19.1. The molecule has 13 nitrogen and oxygen atoms in total. The second-order valence-corrected chi connectivity index (χ2v) is 10.3. The van der Waals surface area contributed by atoms with Crippen LogP contribution in [0.2, 0.25) is 0 Å². The minimum absolute atomic E-state index is 0.0983. The van der Waals surface area contributed by atoms with Crippen molar-refractivity contribution in [2.45, 2.75) is 12.8 Å². The number of piperazine rings is 1. The van der Waals surface area contributed by atoms with E-state index in [1.165, 1.54) is 0 Å². The molecule has 1 aliphatic rings. The number of anilines is 1. The number of halogens is 1. The van der Waals surface area contributed by atoms with Crippen LogP contribution in [0.1, 0.15) is 23.3 Å². The number of unbranched alkanes of at least 4 members (excludes halogenated alkanes) is 1. The highest BCUT2D eigenvalue weighted by Crippen LogP contribution is 2.28. The van der Waals surface area contributed by atoms with E-state index in [2.05, 4.69) is 32.2 Å². The second-order valence-electron chi connectivity index (χ2n) is 10.3. The number of amides is 1. The van der Waals surface area contributed by atoms with Crippen LogP contribution >= 0.6 is 0 Å². The van der Waals surface area contributed by atoms with Crippen molar-refractivity contribution in [3.05, 3.63) is 54.2 Å². The van der Waals surface area contributed by atoms with Gasteiger partial charge in [-0.1, -0.05) is 12.1 Å². The molecule has 3 aromatic rings. The number of aromatic amines is 1. The molecule has 0 spiro atoms. The molecule has 1 saturated heterocycles. The summed E-state index contributed by atoms with van der Waals surface area (Å²) >= 11 is 0. The van der Waals surface area contributed by atoms with Crippen molar-refractivity contribution in [1.29, 1.82) is 0 Å². The number of para-hydroxylation sites is 2. The van der Waals surface area contributed by atoms with Crippen LogP contribution < -0.4 is 19.7 Å². The molecule has 0 radical (unpaired) electrons. The lowest BCUT2D eigenvalue weighted by Gasteiger charge is -2.36. The van der Waals surface area contributed by atoms with E-state index >= 15 is 0 Å². The second kappa shape index (κ2) is 19.9. The zero-order chi connectivity index (χ0) is 33.1. The van der Waals surface area contributed by atoms with Gasteiger partial charge >= 0.3 is 11.9 Å². The highest BCUT2D eigenvalue weighted by Gasteiger charge is 2.19. The number of nitrogens with zero attached hydrogens (tertiary/aromatic N) is 2. The van der Waals surface area contributed by atoms with Crippen LogP contribution in [0, 0.1) is 0 Å². The van der Waals surface area contributed by atoms with Crippen molar-refractivity contribution in [1.82, 2.24) is 15.2 Å². The maximum Gasteiger partial charge on any atom is 0.414 e. The Kier molecular flexibility index (Phi) is 15.6. The van der Waals surface area contributed by atoms with Crippen LogP contribution in [-0.2, 0) is 19.1 Å². The van der Waals surface area contributed by atoms with Crippen LogP contribution in [0.3, 0.4) is 0 Å². The molecule has 0 unspecified atom stereocenters. The molecule has 2 heterocycles. The van der Waals surface area contributed by atoms with E-state index in [9.17, 15) is 9.18 Å². The van der Waals surface area contributed by atoms with Crippen LogP contribution in [0.25, 0.3) is 10.9 Å². The minimum atomic E-state index is -1.82. The molecule has 4 N–H and O–H groups in total. The van der Waals surface area contributed by atoms with Gasteiger partial charge in [0, 0.05) is 43.6 Å². The topological polar surface area (TPSA) is 163 Å². The molecule has 0 saturated carbocycles. The van der Waals surface area contributed by atoms with E-state index in [4.69, 9.17) is 38.7 Å². The zero-order valence-electron chi connectivity index (χ0n) is 26.0. The predicted octanol–water partition coefficient (Wildman–Crippen LogP) is 3.05. The summed E-state index contributed by atoms with van der Waals surface area (Å²) in [5.41, 5.74) is 2.58. The van der Waals surface area contributed by atoms with Gasteiger partial charge < -0.3 is 44.4 Å². The monoisotopic (exact) mass is 646 g/mol. The summed E-state index contributed by atoms with van der Waals surface area (Å²) in [7, 11) is 1.72. The summed E-state index contributed by atoms with van der Waals surface area (Å²) in [6, 6.07) is 15.7. The summed E-state index contributed by atoms with van der Waals surface area (Å²) in [4.78, 5) is 38.9. The van der Waals surface area contributed by atoms with E-state index in [0.29, 0.717) is 44.4 Å². The molecule has 0 bridgehead atoms. The molecule has 14 heteroatoms. The fraction of sp³-hybridized carbons (Fsp3) is 0.469. The molecule has 1 fully saturated rings. The average Bonchev–Trinajstić information content (AvgIpc) is 3.50. The third-order valence-corrected chi connectivity index (χ3v) is 7.09. The smallest absolute Gasteiger partial charge is 0.414 e. The van der Waals surface area contributed by atoms with E-state index in [1.807, 2.05) is 36.4 Å². The summed E-state index contributed by atoms with van der Waals surface area (Å²) in [5, 5.41) is 18.7. The van der Waals surface area contributed by atoms with Crippen LogP contribution in [0.4, 0.5) is 10.1 Å². The molecular weight excluding hydrogens is 603 g/mol. The Morgan fingerprint density at radius 3 is 2.28 bits per heavy atom. The number of carboxylic acid groups (broad SMARTS) is 2. The average molecular weight is 647 g/mol. The number of benzene rings is 2. The highest BCUT2D eigenvalue weighted by molar-refractivity contribution is 6.27. The SMILES string of the molecule is COc1ccccc1N1CCN(CCCCNC(=O)c2cc3cc(OCCOCCOCCF)ccc3[nH]2)CC1.O=C(O)C(=O)O. The van der Waals surface area contributed by atoms with Crippen molar-refractivity contribution in [2.24, 2.45) is 0 Å². The number of alkyl halides is 1. The predicted molar refractivity (Wildman–Crippen MR) is 170 cm³/mol. The van der Waals surface area contributed by atoms with Gasteiger partial charge in [-0.15, -0.1) is 0 Å². The summed E-state index contributed by atoms with van der Waals surface area (Å²) < 4.78 is 33.6. The minimum Gasteiger partial charge on any atom is -0.495 e. The summed E-state index contributed by atoms with van der Waals surface area (Å²) in [6.07, 6.45) is 1.97. The number of carbonyl (C=O) groups is 3. The van der Waals surface area contributed by atoms with Gasteiger partial charge in [-0.2, -0.15) is 0 Å². The lowest BCUT2D eigenvalue weighted by molar-refractivity contribution is -0.159. The van der Waals surface area contributed by atoms with Crippen LogP contribution in [-0.4, -0.2) is 124 Å². The summed E-state index contributed by atoms with van der Waals surface area (Å²) in [5.74, 6) is -2.12. The zero-order valence-corrected chi connectivity index (χ0v) is 26.0. The van der Waals surface area contributed by atoms with Gasteiger partial charge in [0.1, 0.15) is 30.5 Å². The number of H-pyrrole nitrogens is 1. The van der Waals surface area contributed by atoms with Crippen molar-refractivity contribution >= 4 is 34.4 Å². The van der Waals surface area contributed by atoms with Crippen LogP contribution in [0.15, 0.2) is 48.5 Å². The van der Waals surface area contributed by atoms with E-state index in [0.717, 1.165) is 67.9 Å². The molecular formula is C32H43FN4O9. The Morgan fingerprint density at radius 1 is 0.891 bits per heavy atom. The number of carbonyl (C=O) groups excluding carboxylic acids is 1. The van der Waals surface area contributed by atoms with E-state index in [1.54, 1.807) is 7.11 Å². The number of hydrogen-bond acceptors (Lipinski definition) is 9. The number of hydrogen-bond donors (Lipinski definition) is 4. The van der Waals surface area contributed by atoms with E-state index < -0.39 is 18.6 Å². The molecule has 1 aromatic heterocycles. The molecule has 4 rings (SSSR count). The number of nitrogens with one attached hydrogen (secondary N) is 2. The lowest BCUT2D eigenvalue weighted by Crippen LogP contribution is -2.46. The normalized spacial score (nSPS) is 13.1. The van der Waals surface area contributed by atoms with Crippen LogP contribution in [0.5, 0.6) is 11.5 Å². The molecule has 0 aliphatic carbocycles. The molecule has 2 aromatic carbocycles. The summed E-state index contributed by atoms with van der Waals surface area (Å²) in [6.45, 7) is 6.87. The number of aliphatic carboxylic acids is 2. The fourth-order valence-corrected chi connectivity index (χ4v) is 4.78. The molecule has 46 heavy (non-hydrogen) atoms. The first-order valence-corrected chi connectivity index (χ1v) is 15.1. The van der Waals surface area contributed by atoms with Gasteiger partial charge in [0.2, 0.25) is 0 Å². The van der Waals surface area contributed by atoms with Crippen molar-refractivity contribution in [3.63, 3.8) is 0 Å². The van der Waals surface area contributed by atoms with E-state index in [-0.39, 0.29) is 12.5 Å². The van der Waals surface area contributed by atoms with Gasteiger partial charge in [0.05, 0.1) is 39.2 Å². The van der Waals surface area contributed by atoms with Gasteiger partial charge in [-0.05, 0) is 55.8 Å². The number of rotatable bonds is 17. The lowest BCUT2D eigenvalue weighted by atomic mass is 10.2. The number of fused-ring (bicyclic) bond motifs is 1. The quantitative estimate of drug-likeness (QED) is 0.126. The molecule has 0 atom stereocenters. The Balaban J connectivity index is 0.000000875.